The van der Waals surface area contributed by atoms with Crippen molar-refractivity contribution in [2.45, 2.75) is 39.2 Å². The molecule has 2 aliphatic rings. The minimum absolute atomic E-state index is 0.0824. The average molecular weight is 318 g/mol. The lowest BCUT2D eigenvalue weighted by Gasteiger charge is -2.23. The Morgan fingerprint density at radius 1 is 1.43 bits per heavy atom. The Hall–Kier alpha value is -2.31. The molecule has 2 amide bonds. The summed E-state index contributed by atoms with van der Waals surface area (Å²) in [5.74, 6) is 1.25. The molecule has 1 atom stereocenters. The van der Waals surface area contributed by atoms with E-state index in [1.165, 1.54) is 6.92 Å². The van der Waals surface area contributed by atoms with Crippen LogP contribution in [-0.4, -0.2) is 46.2 Å². The summed E-state index contributed by atoms with van der Waals surface area (Å²) in [6.07, 6.45) is 4.40. The Balaban J connectivity index is 1.65. The lowest BCUT2D eigenvalue weighted by Crippen LogP contribution is -2.32. The van der Waals surface area contributed by atoms with Crippen molar-refractivity contribution in [1.29, 1.82) is 0 Å². The van der Waals surface area contributed by atoms with Gasteiger partial charge in [-0.3, -0.25) is 14.3 Å². The minimum atomic E-state index is -0.141. The first-order chi connectivity index (χ1) is 11.0. The molecule has 1 aromatic heterocycles. The van der Waals surface area contributed by atoms with Crippen LogP contribution in [0.25, 0.3) is 0 Å². The maximum absolute atomic E-state index is 12.6. The number of nitrogens with one attached hydrogen (secondary N) is 1. The molecule has 2 aliphatic heterocycles. The minimum Gasteiger partial charge on any atom is -0.498 e. The summed E-state index contributed by atoms with van der Waals surface area (Å²) in [6, 6.07) is 1.92. The van der Waals surface area contributed by atoms with Crippen LogP contribution in [0.15, 0.2) is 23.6 Å². The maximum Gasteiger partial charge on any atom is 0.253 e. The number of rotatable bonds is 3. The van der Waals surface area contributed by atoms with Gasteiger partial charge in [-0.15, -0.1) is 0 Å². The van der Waals surface area contributed by atoms with Crippen LogP contribution in [0.3, 0.4) is 0 Å². The van der Waals surface area contributed by atoms with Gasteiger partial charge in [0.1, 0.15) is 5.76 Å². The molecule has 1 N–H and O–H groups in total. The van der Waals surface area contributed by atoms with Crippen LogP contribution >= 0.6 is 0 Å². The van der Waals surface area contributed by atoms with E-state index in [4.69, 9.17) is 4.74 Å². The van der Waals surface area contributed by atoms with E-state index in [9.17, 15) is 9.59 Å². The van der Waals surface area contributed by atoms with Crippen molar-refractivity contribution in [2.24, 2.45) is 0 Å². The van der Waals surface area contributed by atoms with E-state index in [2.05, 4.69) is 10.4 Å². The van der Waals surface area contributed by atoms with Gasteiger partial charge in [0.25, 0.3) is 5.91 Å². The van der Waals surface area contributed by atoms with Crippen LogP contribution in [0, 0.1) is 0 Å². The van der Waals surface area contributed by atoms with Gasteiger partial charge in [0.05, 0.1) is 18.2 Å². The number of carbonyl (C=O) groups excluding carboxylic acids is 2. The fourth-order valence-corrected chi connectivity index (χ4v) is 3.12. The first-order valence-electron chi connectivity index (χ1n) is 7.99. The molecule has 23 heavy (non-hydrogen) atoms. The predicted molar refractivity (Wildman–Crippen MR) is 84.7 cm³/mol. The van der Waals surface area contributed by atoms with Crippen molar-refractivity contribution in [3.63, 3.8) is 0 Å². The van der Waals surface area contributed by atoms with E-state index in [-0.39, 0.29) is 17.9 Å². The standard InChI is InChI=1S/C16H22N4O3/c1-11-14(4-3-9-23-11)16(22)19-7-5-13(10-19)20-8-6-15(18-20)17-12(2)21/h6,8,13H,3-5,7,9-10H2,1-2H3,(H,17,18,21)/t13-/m0/s1. The topological polar surface area (TPSA) is 76.5 Å². The van der Waals surface area contributed by atoms with Gasteiger partial charge < -0.3 is 15.0 Å². The van der Waals surface area contributed by atoms with Gasteiger partial charge in [-0.25, -0.2) is 0 Å². The van der Waals surface area contributed by atoms with Crippen molar-refractivity contribution < 1.29 is 14.3 Å². The molecule has 1 aromatic rings. The summed E-state index contributed by atoms with van der Waals surface area (Å²) in [5, 5.41) is 7.03. The largest absolute Gasteiger partial charge is 0.498 e. The van der Waals surface area contributed by atoms with Crippen LogP contribution in [0.5, 0.6) is 0 Å². The highest BCUT2D eigenvalue weighted by atomic mass is 16.5. The zero-order valence-electron chi connectivity index (χ0n) is 13.5. The van der Waals surface area contributed by atoms with Crippen LogP contribution in [0.1, 0.15) is 39.2 Å². The molecule has 1 saturated heterocycles. The van der Waals surface area contributed by atoms with E-state index in [0.717, 1.165) is 37.1 Å². The molecule has 124 valence electrons. The number of aromatic nitrogens is 2. The van der Waals surface area contributed by atoms with Crippen molar-refractivity contribution in [3.05, 3.63) is 23.6 Å². The first-order valence-corrected chi connectivity index (χ1v) is 7.99. The highest BCUT2D eigenvalue weighted by Gasteiger charge is 2.31. The molecular weight excluding hydrogens is 296 g/mol. The number of anilines is 1. The predicted octanol–water partition coefficient (Wildman–Crippen LogP) is 1.70. The normalized spacial score (nSPS) is 21.3. The maximum atomic E-state index is 12.6. The molecule has 3 rings (SSSR count). The SMILES string of the molecule is CC(=O)Nc1ccn([C@H]2CCN(C(=O)C3=C(C)OCCC3)C2)n1. The first kappa shape index (κ1) is 15.6. The third-order valence-electron chi connectivity index (χ3n) is 4.31. The summed E-state index contributed by atoms with van der Waals surface area (Å²) in [6.45, 7) is 5.38. The number of allylic oxidation sites excluding steroid dienone is 1. The molecule has 1 fully saturated rings. The number of hydrogen-bond acceptors (Lipinski definition) is 4. The number of ether oxygens (including phenoxy) is 1. The molecule has 0 radical (unpaired) electrons. The van der Waals surface area contributed by atoms with E-state index in [0.29, 0.717) is 19.0 Å². The van der Waals surface area contributed by atoms with E-state index in [1.54, 1.807) is 6.07 Å². The van der Waals surface area contributed by atoms with Gasteiger partial charge in [0.2, 0.25) is 5.91 Å². The van der Waals surface area contributed by atoms with Crippen molar-refractivity contribution in [2.75, 3.05) is 25.0 Å². The van der Waals surface area contributed by atoms with Gasteiger partial charge in [0, 0.05) is 32.3 Å². The highest BCUT2D eigenvalue weighted by Crippen LogP contribution is 2.27. The monoisotopic (exact) mass is 318 g/mol. The summed E-state index contributed by atoms with van der Waals surface area (Å²) in [7, 11) is 0. The number of hydrogen-bond donors (Lipinski definition) is 1. The number of amides is 2. The van der Waals surface area contributed by atoms with Crippen LogP contribution in [0.4, 0.5) is 5.82 Å². The Kier molecular flexibility index (Phi) is 4.36. The number of nitrogens with zero attached hydrogens (tertiary/aromatic N) is 3. The molecular formula is C16H22N4O3. The summed E-state index contributed by atoms with van der Waals surface area (Å²) >= 11 is 0. The quantitative estimate of drug-likeness (QED) is 0.920. The molecule has 0 saturated carbocycles. The molecule has 7 heteroatoms. The van der Waals surface area contributed by atoms with E-state index < -0.39 is 0 Å². The smallest absolute Gasteiger partial charge is 0.253 e. The second-order valence-corrected chi connectivity index (χ2v) is 6.04. The third-order valence-corrected chi connectivity index (χ3v) is 4.31. The number of carbonyl (C=O) groups is 2. The number of likely N-dealkylation sites (tertiary alicyclic amines) is 1. The lowest BCUT2D eigenvalue weighted by molar-refractivity contribution is -0.127. The summed E-state index contributed by atoms with van der Waals surface area (Å²) in [5.41, 5.74) is 0.802. The van der Waals surface area contributed by atoms with Crippen molar-refractivity contribution >= 4 is 17.6 Å². The van der Waals surface area contributed by atoms with Crippen molar-refractivity contribution in [1.82, 2.24) is 14.7 Å². The van der Waals surface area contributed by atoms with Gasteiger partial charge in [-0.05, 0) is 26.2 Å². The molecule has 3 heterocycles. The summed E-state index contributed by atoms with van der Waals surface area (Å²) in [4.78, 5) is 25.6. The Labute approximate surface area is 135 Å². The Morgan fingerprint density at radius 3 is 3.00 bits per heavy atom. The second kappa shape index (κ2) is 6.44. The van der Waals surface area contributed by atoms with Gasteiger partial charge in [-0.1, -0.05) is 0 Å². The van der Waals surface area contributed by atoms with Crippen molar-refractivity contribution in [3.8, 4) is 0 Å². The molecule has 0 spiro atoms. The molecule has 0 bridgehead atoms. The molecule has 7 nitrogen and oxygen atoms in total. The average Bonchev–Trinajstić information content (AvgIpc) is 3.15. The van der Waals surface area contributed by atoms with Gasteiger partial charge >= 0.3 is 0 Å². The third kappa shape index (κ3) is 3.38. The fourth-order valence-electron chi connectivity index (χ4n) is 3.12. The Morgan fingerprint density at radius 2 is 2.26 bits per heavy atom. The van der Waals surface area contributed by atoms with Crippen LogP contribution in [-0.2, 0) is 14.3 Å². The second-order valence-electron chi connectivity index (χ2n) is 6.04. The van der Waals surface area contributed by atoms with Crippen LogP contribution in [0.2, 0.25) is 0 Å². The lowest BCUT2D eigenvalue weighted by atomic mass is 10.1. The van der Waals surface area contributed by atoms with Crippen LogP contribution < -0.4 is 5.32 Å². The van der Waals surface area contributed by atoms with Gasteiger partial charge in [-0.2, -0.15) is 5.10 Å². The van der Waals surface area contributed by atoms with E-state index >= 15 is 0 Å². The molecule has 0 unspecified atom stereocenters. The highest BCUT2D eigenvalue weighted by molar-refractivity contribution is 5.94. The molecule has 0 aromatic carbocycles. The summed E-state index contributed by atoms with van der Waals surface area (Å²) < 4.78 is 7.33. The molecule has 0 aliphatic carbocycles. The zero-order valence-corrected chi connectivity index (χ0v) is 13.5. The Bertz CT molecular complexity index is 650. The fraction of sp³-hybridized carbons (Fsp3) is 0.562. The van der Waals surface area contributed by atoms with Gasteiger partial charge in [0.15, 0.2) is 5.82 Å². The zero-order chi connectivity index (χ0) is 16.4. The van der Waals surface area contributed by atoms with E-state index in [1.807, 2.05) is 22.7 Å².